The predicted octanol–water partition coefficient (Wildman–Crippen LogP) is 6.43. The molecule has 12 heteroatoms. The number of fused-ring (bicyclic) bond motifs is 2. The molecule has 0 spiro atoms. The molecule has 0 bridgehead atoms. The Hall–Kier alpha value is -5.20. The van der Waals surface area contributed by atoms with Crippen LogP contribution >= 0.6 is 0 Å². The lowest BCUT2D eigenvalue weighted by Gasteiger charge is -2.30. The summed E-state index contributed by atoms with van der Waals surface area (Å²) in [5, 5.41) is 10.5. The van der Waals surface area contributed by atoms with Crippen molar-refractivity contribution in [3.8, 4) is 22.6 Å². The molecule has 1 aliphatic carbocycles. The van der Waals surface area contributed by atoms with E-state index in [-0.39, 0.29) is 28.6 Å². The lowest BCUT2D eigenvalue weighted by atomic mass is 9.83. The summed E-state index contributed by atoms with van der Waals surface area (Å²) in [6, 6.07) is 16.6. The van der Waals surface area contributed by atoms with Crippen molar-refractivity contribution in [3.63, 3.8) is 0 Å². The highest BCUT2D eigenvalue weighted by atomic mass is 19.1. The molecule has 1 N–H and O–H groups in total. The number of aromatic nitrogens is 5. The van der Waals surface area contributed by atoms with Gasteiger partial charge in [0.2, 0.25) is 0 Å². The Balaban J connectivity index is 1.09. The summed E-state index contributed by atoms with van der Waals surface area (Å²) >= 11 is 0. The number of benzene rings is 2. The van der Waals surface area contributed by atoms with Crippen molar-refractivity contribution in [2.75, 3.05) is 26.3 Å². The van der Waals surface area contributed by atoms with Crippen LogP contribution in [0.1, 0.15) is 55.8 Å². The van der Waals surface area contributed by atoms with Crippen LogP contribution in [-0.4, -0.2) is 59.8 Å². The predicted molar refractivity (Wildman–Crippen MR) is 194 cm³/mol. The zero-order valence-corrected chi connectivity index (χ0v) is 28.8. The summed E-state index contributed by atoms with van der Waals surface area (Å²) in [6.45, 7) is 3.66. The van der Waals surface area contributed by atoms with Crippen molar-refractivity contribution in [2.45, 2.75) is 57.5 Å². The average molecular weight is 707 g/mol. The van der Waals surface area contributed by atoms with E-state index in [4.69, 9.17) is 4.74 Å². The number of hydrogen-bond donors (Lipinski definition) is 1. The molecule has 4 aromatic heterocycles. The minimum Gasteiger partial charge on any atom is -0.508 e. The van der Waals surface area contributed by atoms with Crippen LogP contribution in [0.15, 0.2) is 88.8 Å². The number of phenols is 1. The second-order valence-corrected chi connectivity index (χ2v) is 14.0. The highest BCUT2D eigenvalue weighted by Crippen LogP contribution is 2.34. The second kappa shape index (κ2) is 14.4. The molecule has 2 fully saturated rings. The molecule has 0 amide bonds. The number of nitrogens with zero attached hydrogens (tertiary/aromatic N) is 6. The van der Waals surface area contributed by atoms with Gasteiger partial charge in [-0.3, -0.25) is 14.3 Å². The average Bonchev–Trinajstić information content (AvgIpc) is 3.37. The van der Waals surface area contributed by atoms with Crippen molar-refractivity contribution in [3.05, 3.63) is 123 Å². The van der Waals surface area contributed by atoms with Gasteiger partial charge < -0.3 is 14.2 Å². The van der Waals surface area contributed by atoms with Crippen LogP contribution in [-0.2, 0) is 17.7 Å². The van der Waals surface area contributed by atoms with E-state index >= 15 is 0 Å². The van der Waals surface area contributed by atoms with Gasteiger partial charge in [0, 0.05) is 44.7 Å². The van der Waals surface area contributed by atoms with E-state index in [0.29, 0.717) is 43.2 Å². The van der Waals surface area contributed by atoms with Gasteiger partial charge in [0.05, 0.1) is 29.6 Å². The minimum atomic E-state index is -0.652. The largest absolute Gasteiger partial charge is 0.508 e. The molecule has 1 saturated heterocycles. The molecule has 1 saturated carbocycles. The van der Waals surface area contributed by atoms with Crippen molar-refractivity contribution < 1.29 is 18.6 Å². The Morgan fingerprint density at radius 2 is 1.77 bits per heavy atom. The molecule has 2 aliphatic rings. The molecule has 6 aromatic rings. The Morgan fingerprint density at radius 3 is 2.63 bits per heavy atom. The van der Waals surface area contributed by atoms with Crippen molar-refractivity contribution >= 4 is 16.7 Å². The molecule has 0 atom stereocenters. The highest BCUT2D eigenvalue weighted by Gasteiger charge is 2.28. The van der Waals surface area contributed by atoms with E-state index in [1.165, 1.54) is 21.4 Å². The molecule has 2 aromatic carbocycles. The fourth-order valence-electron chi connectivity index (χ4n) is 7.92. The smallest absolute Gasteiger partial charge is 0.337 e. The molecule has 268 valence electrons. The third-order valence-electron chi connectivity index (χ3n) is 10.6. The van der Waals surface area contributed by atoms with Gasteiger partial charge in [0.15, 0.2) is 5.65 Å². The fraction of sp³-hybridized carbons (Fsp3) is 0.350. The van der Waals surface area contributed by atoms with Crippen molar-refractivity contribution in [1.82, 2.24) is 28.4 Å². The van der Waals surface area contributed by atoms with E-state index in [0.717, 1.165) is 86.4 Å². The lowest BCUT2D eigenvalue weighted by molar-refractivity contribution is 0.140. The summed E-state index contributed by atoms with van der Waals surface area (Å²) in [6.07, 6.45) is 9.77. The molecule has 0 unspecified atom stereocenters. The van der Waals surface area contributed by atoms with Crippen LogP contribution in [0.25, 0.3) is 33.5 Å². The Bertz CT molecular complexity index is 2370. The molecule has 52 heavy (non-hydrogen) atoms. The zero-order chi connectivity index (χ0) is 35.8. The van der Waals surface area contributed by atoms with E-state index < -0.39 is 17.1 Å². The van der Waals surface area contributed by atoms with E-state index in [9.17, 15) is 23.5 Å². The van der Waals surface area contributed by atoms with Crippen molar-refractivity contribution in [1.29, 1.82) is 0 Å². The molecular formula is C40H40F2N6O4. The van der Waals surface area contributed by atoms with Gasteiger partial charge in [0.1, 0.15) is 23.0 Å². The summed E-state index contributed by atoms with van der Waals surface area (Å²) in [5.41, 5.74) is 3.83. The van der Waals surface area contributed by atoms with E-state index in [2.05, 4.69) is 14.9 Å². The monoisotopic (exact) mass is 706 g/mol. The van der Waals surface area contributed by atoms with Crippen LogP contribution in [0.5, 0.6) is 5.75 Å². The SMILES string of the molecule is O=c1c2cc(F)cnc2n(-c2cccc(-c3ccc(O)cc3CN3CCCOCC3)c2)c(=O)n1C1CCC(CCc2cn3cc(F)ccc3n2)CC1. The number of phenolic OH excluding ortho intramolecular Hbond substituents is 1. The van der Waals surface area contributed by atoms with Gasteiger partial charge in [-0.1, -0.05) is 18.2 Å². The Labute approximate surface area is 298 Å². The van der Waals surface area contributed by atoms with Crippen LogP contribution < -0.4 is 11.2 Å². The maximum absolute atomic E-state index is 14.6. The Kier molecular flexibility index (Phi) is 9.42. The van der Waals surface area contributed by atoms with Crippen LogP contribution in [0.4, 0.5) is 8.78 Å². The number of aromatic hydroxyl groups is 1. The number of rotatable bonds is 8. The number of imidazole rings is 1. The summed E-state index contributed by atoms with van der Waals surface area (Å²) in [5.74, 6) is -0.414. The van der Waals surface area contributed by atoms with Gasteiger partial charge >= 0.3 is 5.69 Å². The van der Waals surface area contributed by atoms with Crippen LogP contribution in [0, 0.1) is 17.6 Å². The number of pyridine rings is 2. The maximum atomic E-state index is 14.6. The van der Waals surface area contributed by atoms with Crippen LogP contribution in [0.2, 0.25) is 0 Å². The van der Waals surface area contributed by atoms with Gasteiger partial charge in [0.25, 0.3) is 5.56 Å². The third-order valence-corrected chi connectivity index (χ3v) is 10.6. The topological polar surface area (TPSA) is 107 Å². The van der Waals surface area contributed by atoms with E-state index in [1.807, 2.05) is 30.5 Å². The first-order chi connectivity index (χ1) is 25.3. The number of aryl methyl sites for hydroxylation is 1. The summed E-state index contributed by atoms with van der Waals surface area (Å²) in [4.78, 5) is 39.6. The molecule has 10 nitrogen and oxygen atoms in total. The zero-order valence-electron chi connectivity index (χ0n) is 28.8. The lowest BCUT2D eigenvalue weighted by Crippen LogP contribution is -2.43. The summed E-state index contributed by atoms with van der Waals surface area (Å²) in [7, 11) is 0. The van der Waals surface area contributed by atoms with Gasteiger partial charge in [-0.05, 0) is 110 Å². The molecule has 8 rings (SSSR count). The van der Waals surface area contributed by atoms with E-state index in [1.54, 1.807) is 28.7 Å². The normalized spacial score (nSPS) is 18.6. The first-order valence-electron chi connectivity index (χ1n) is 18.0. The molecule has 1 aliphatic heterocycles. The first kappa shape index (κ1) is 33.9. The summed E-state index contributed by atoms with van der Waals surface area (Å²) < 4.78 is 38.3. The second-order valence-electron chi connectivity index (χ2n) is 14.0. The minimum absolute atomic E-state index is 0.0455. The first-order valence-corrected chi connectivity index (χ1v) is 18.0. The number of hydrogen-bond acceptors (Lipinski definition) is 7. The third kappa shape index (κ3) is 6.88. The quantitative estimate of drug-likeness (QED) is 0.194. The highest BCUT2D eigenvalue weighted by molar-refractivity contribution is 5.77. The van der Waals surface area contributed by atoms with Gasteiger partial charge in [-0.2, -0.15) is 0 Å². The van der Waals surface area contributed by atoms with Crippen LogP contribution in [0.3, 0.4) is 0 Å². The molecule has 5 heterocycles. The standard InChI is InChI=1S/C40H40F2N6O4/c41-29-8-14-37-44-31(25-46(37)24-29)9-5-26-6-10-32(11-7-26)48-39(50)36-21-30(42)22-43-38(36)47(40(48)51)33-4-1-3-27(19-33)35-13-12-34(49)20-28(35)23-45-15-2-17-52-18-16-45/h1,3-4,8,12-14,19-22,24-26,32,49H,2,5-7,9-11,15-18,23H2. The molecular weight excluding hydrogens is 666 g/mol. The maximum Gasteiger partial charge on any atom is 0.337 e. The van der Waals surface area contributed by atoms with Crippen molar-refractivity contribution in [2.24, 2.45) is 5.92 Å². The van der Waals surface area contributed by atoms with Gasteiger partial charge in [-0.25, -0.2) is 28.1 Å². The fourth-order valence-corrected chi connectivity index (χ4v) is 7.92. The Morgan fingerprint density at radius 1 is 0.904 bits per heavy atom. The number of ether oxygens (including phenoxy) is 1. The molecule has 0 radical (unpaired) electrons. The number of halogens is 2. The van der Waals surface area contributed by atoms with Gasteiger partial charge in [-0.15, -0.1) is 0 Å².